The standard InChI is InChI=1S/C15H29N3.HI/c1-3-7-15(8-5-9-15)12-17-14(16)18-10-4-6-13(2)11-18;/h13H,3-12H2,1-2H3,(H2,16,17);1H. The van der Waals surface area contributed by atoms with E-state index in [1.165, 1.54) is 44.9 Å². The number of aliphatic imine (C=N–C) groups is 1. The highest BCUT2D eigenvalue weighted by molar-refractivity contribution is 14.0. The lowest BCUT2D eigenvalue weighted by Crippen LogP contribution is -2.44. The first-order valence-electron chi connectivity index (χ1n) is 7.70. The van der Waals surface area contributed by atoms with Gasteiger partial charge in [0.2, 0.25) is 0 Å². The maximum atomic E-state index is 6.17. The lowest BCUT2D eigenvalue weighted by molar-refractivity contribution is 0.129. The van der Waals surface area contributed by atoms with Crippen molar-refractivity contribution < 1.29 is 0 Å². The van der Waals surface area contributed by atoms with Crippen LogP contribution in [0.25, 0.3) is 0 Å². The minimum atomic E-state index is 0. The second-order valence-corrected chi connectivity index (χ2v) is 6.47. The van der Waals surface area contributed by atoms with Crippen LogP contribution in [0.15, 0.2) is 4.99 Å². The summed E-state index contributed by atoms with van der Waals surface area (Å²) in [6, 6.07) is 0. The largest absolute Gasteiger partial charge is 0.370 e. The van der Waals surface area contributed by atoms with Gasteiger partial charge in [0.1, 0.15) is 0 Å². The summed E-state index contributed by atoms with van der Waals surface area (Å²) in [5.41, 5.74) is 6.67. The Morgan fingerprint density at radius 1 is 1.37 bits per heavy atom. The predicted molar refractivity (Wildman–Crippen MR) is 93.1 cm³/mol. The molecule has 4 heteroatoms. The van der Waals surface area contributed by atoms with Crippen LogP contribution in [0.4, 0.5) is 0 Å². The van der Waals surface area contributed by atoms with Gasteiger partial charge in [0.15, 0.2) is 5.96 Å². The zero-order valence-corrected chi connectivity index (χ0v) is 14.9. The summed E-state index contributed by atoms with van der Waals surface area (Å²) < 4.78 is 0. The molecule has 2 aliphatic rings. The fourth-order valence-electron chi connectivity index (χ4n) is 3.44. The van der Waals surface area contributed by atoms with Crippen molar-refractivity contribution in [3.8, 4) is 0 Å². The zero-order valence-electron chi connectivity index (χ0n) is 12.5. The molecule has 0 radical (unpaired) electrons. The van der Waals surface area contributed by atoms with E-state index in [-0.39, 0.29) is 24.0 Å². The van der Waals surface area contributed by atoms with Gasteiger partial charge >= 0.3 is 0 Å². The van der Waals surface area contributed by atoms with E-state index in [9.17, 15) is 0 Å². The third-order valence-corrected chi connectivity index (χ3v) is 4.75. The topological polar surface area (TPSA) is 41.6 Å². The van der Waals surface area contributed by atoms with Crippen LogP contribution < -0.4 is 5.73 Å². The Morgan fingerprint density at radius 3 is 2.63 bits per heavy atom. The molecule has 1 aliphatic heterocycles. The van der Waals surface area contributed by atoms with Crippen molar-refractivity contribution in [1.82, 2.24) is 4.90 Å². The number of hydrogen-bond acceptors (Lipinski definition) is 1. The normalized spacial score (nSPS) is 26.5. The maximum absolute atomic E-state index is 6.17. The smallest absolute Gasteiger partial charge is 0.191 e. The second-order valence-electron chi connectivity index (χ2n) is 6.47. The average molecular weight is 379 g/mol. The van der Waals surface area contributed by atoms with Crippen LogP contribution in [0.1, 0.15) is 58.8 Å². The molecule has 19 heavy (non-hydrogen) atoms. The molecule has 0 bridgehead atoms. The molecule has 2 N–H and O–H groups in total. The molecule has 1 aliphatic carbocycles. The summed E-state index contributed by atoms with van der Waals surface area (Å²) in [5.74, 6) is 1.56. The third kappa shape index (κ3) is 4.50. The number of rotatable bonds is 4. The molecular weight excluding hydrogens is 349 g/mol. The first-order chi connectivity index (χ1) is 8.65. The number of hydrogen-bond donors (Lipinski definition) is 1. The Labute approximate surface area is 135 Å². The van der Waals surface area contributed by atoms with Crippen molar-refractivity contribution in [2.45, 2.75) is 58.8 Å². The maximum Gasteiger partial charge on any atom is 0.191 e. The molecule has 1 saturated carbocycles. The third-order valence-electron chi connectivity index (χ3n) is 4.75. The summed E-state index contributed by atoms with van der Waals surface area (Å²) in [7, 11) is 0. The lowest BCUT2D eigenvalue weighted by Gasteiger charge is -2.41. The Hall–Kier alpha value is 0. The number of likely N-dealkylation sites (tertiary alicyclic amines) is 1. The Bertz CT molecular complexity index is 300. The summed E-state index contributed by atoms with van der Waals surface area (Å²) in [5, 5.41) is 0. The molecule has 112 valence electrons. The predicted octanol–water partition coefficient (Wildman–Crippen LogP) is 3.62. The molecule has 3 nitrogen and oxygen atoms in total. The fourth-order valence-corrected chi connectivity index (χ4v) is 3.44. The van der Waals surface area contributed by atoms with Gasteiger partial charge in [0, 0.05) is 19.6 Å². The minimum Gasteiger partial charge on any atom is -0.370 e. The Morgan fingerprint density at radius 2 is 2.11 bits per heavy atom. The molecular formula is C15H30IN3. The lowest BCUT2D eigenvalue weighted by atomic mass is 9.66. The van der Waals surface area contributed by atoms with Crippen LogP contribution in [-0.4, -0.2) is 30.5 Å². The van der Waals surface area contributed by atoms with E-state index in [2.05, 4.69) is 18.7 Å². The SMILES string of the molecule is CCCC1(CN=C(N)N2CCCC(C)C2)CCC1.I. The van der Waals surface area contributed by atoms with Gasteiger partial charge in [-0.25, -0.2) is 0 Å². The summed E-state index contributed by atoms with van der Waals surface area (Å²) in [4.78, 5) is 7.00. The fraction of sp³-hybridized carbons (Fsp3) is 0.933. The van der Waals surface area contributed by atoms with Crippen LogP contribution in [0.2, 0.25) is 0 Å². The summed E-state index contributed by atoms with van der Waals surface area (Å²) >= 11 is 0. The van der Waals surface area contributed by atoms with Gasteiger partial charge < -0.3 is 10.6 Å². The Kier molecular flexibility index (Phi) is 6.91. The minimum absolute atomic E-state index is 0. The van der Waals surface area contributed by atoms with E-state index in [0.29, 0.717) is 5.41 Å². The molecule has 2 rings (SSSR count). The molecule has 1 heterocycles. The van der Waals surface area contributed by atoms with Gasteiger partial charge in [0.25, 0.3) is 0 Å². The van der Waals surface area contributed by atoms with Crippen molar-refractivity contribution >= 4 is 29.9 Å². The van der Waals surface area contributed by atoms with Crippen LogP contribution in [0.3, 0.4) is 0 Å². The molecule has 1 unspecified atom stereocenters. The molecule has 0 aromatic rings. The van der Waals surface area contributed by atoms with Crippen LogP contribution >= 0.6 is 24.0 Å². The van der Waals surface area contributed by atoms with Crippen LogP contribution in [0, 0.1) is 11.3 Å². The molecule has 2 fully saturated rings. The second kappa shape index (κ2) is 7.70. The van der Waals surface area contributed by atoms with E-state index < -0.39 is 0 Å². The monoisotopic (exact) mass is 379 g/mol. The van der Waals surface area contributed by atoms with Crippen molar-refractivity contribution in [1.29, 1.82) is 0 Å². The first kappa shape index (κ1) is 17.1. The average Bonchev–Trinajstić information content (AvgIpc) is 2.32. The summed E-state index contributed by atoms with van der Waals surface area (Å²) in [6.45, 7) is 7.73. The Balaban J connectivity index is 0.00000180. The van der Waals surface area contributed by atoms with Gasteiger partial charge in [-0.1, -0.05) is 26.7 Å². The van der Waals surface area contributed by atoms with Gasteiger partial charge in [-0.3, -0.25) is 4.99 Å². The highest BCUT2D eigenvalue weighted by Gasteiger charge is 2.35. The van der Waals surface area contributed by atoms with Crippen LogP contribution in [-0.2, 0) is 0 Å². The van der Waals surface area contributed by atoms with Crippen LogP contribution in [0.5, 0.6) is 0 Å². The first-order valence-corrected chi connectivity index (χ1v) is 7.70. The van der Waals surface area contributed by atoms with Crippen molar-refractivity contribution in [3.63, 3.8) is 0 Å². The van der Waals surface area contributed by atoms with Gasteiger partial charge in [-0.15, -0.1) is 24.0 Å². The highest BCUT2D eigenvalue weighted by atomic mass is 127. The van der Waals surface area contributed by atoms with E-state index in [1.54, 1.807) is 0 Å². The molecule has 1 atom stereocenters. The number of guanidine groups is 1. The highest BCUT2D eigenvalue weighted by Crippen LogP contribution is 2.45. The van der Waals surface area contributed by atoms with E-state index in [1.807, 2.05) is 0 Å². The van der Waals surface area contributed by atoms with Crippen molar-refractivity contribution in [3.05, 3.63) is 0 Å². The molecule has 0 aromatic heterocycles. The van der Waals surface area contributed by atoms with Gasteiger partial charge in [0.05, 0.1) is 0 Å². The van der Waals surface area contributed by atoms with E-state index >= 15 is 0 Å². The molecule has 0 amide bonds. The number of halogens is 1. The van der Waals surface area contributed by atoms with Crippen molar-refractivity contribution in [2.75, 3.05) is 19.6 Å². The van der Waals surface area contributed by atoms with Gasteiger partial charge in [-0.05, 0) is 43.4 Å². The van der Waals surface area contributed by atoms with Crippen molar-refractivity contribution in [2.24, 2.45) is 22.1 Å². The number of nitrogens with two attached hydrogens (primary N) is 1. The zero-order chi connectivity index (χ0) is 13.0. The molecule has 0 aromatic carbocycles. The number of piperidine rings is 1. The number of nitrogens with zero attached hydrogens (tertiary/aromatic N) is 2. The van der Waals surface area contributed by atoms with Gasteiger partial charge in [-0.2, -0.15) is 0 Å². The van der Waals surface area contributed by atoms with E-state index in [0.717, 1.165) is 31.5 Å². The molecule has 0 spiro atoms. The van der Waals surface area contributed by atoms with E-state index in [4.69, 9.17) is 10.7 Å². The molecule has 1 saturated heterocycles. The summed E-state index contributed by atoms with van der Waals surface area (Å²) in [6.07, 6.45) is 9.29. The quantitative estimate of drug-likeness (QED) is 0.461.